The van der Waals surface area contributed by atoms with Crippen LogP contribution < -0.4 is 10.6 Å². The number of carbonyl (C=O) groups excluding carboxylic acids is 2. The van der Waals surface area contributed by atoms with Crippen molar-refractivity contribution >= 4 is 23.2 Å². The number of anilines is 2. The molecule has 5 nitrogen and oxygen atoms in total. The fourth-order valence-electron chi connectivity index (χ4n) is 2.66. The van der Waals surface area contributed by atoms with Crippen molar-refractivity contribution in [2.75, 3.05) is 10.6 Å². The van der Waals surface area contributed by atoms with Crippen molar-refractivity contribution in [2.24, 2.45) is 5.92 Å². The van der Waals surface area contributed by atoms with Crippen molar-refractivity contribution in [3.63, 3.8) is 0 Å². The molecule has 2 amide bonds. The van der Waals surface area contributed by atoms with E-state index in [9.17, 15) is 9.59 Å². The van der Waals surface area contributed by atoms with E-state index in [0.29, 0.717) is 23.6 Å². The lowest BCUT2D eigenvalue weighted by molar-refractivity contribution is -0.118. The van der Waals surface area contributed by atoms with Crippen LogP contribution in [0.4, 0.5) is 11.4 Å². The van der Waals surface area contributed by atoms with Crippen molar-refractivity contribution in [2.45, 2.75) is 20.4 Å². The summed E-state index contributed by atoms with van der Waals surface area (Å²) >= 11 is 0. The first-order chi connectivity index (χ1) is 13.0. The van der Waals surface area contributed by atoms with Gasteiger partial charge in [-0.05, 0) is 42.0 Å². The van der Waals surface area contributed by atoms with E-state index >= 15 is 0 Å². The van der Waals surface area contributed by atoms with Crippen LogP contribution in [0.15, 0.2) is 72.9 Å². The standard InChI is InChI=1S/C22H23N3O2/c1-16(2)21(26)23-18-10-12-19(13-11-18)24-22(27)20-9-6-14-25(20)15-17-7-4-3-5-8-17/h3-14,16H,15H2,1-2H3,(H,23,26)(H,24,27). The monoisotopic (exact) mass is 361 g/mol. The van der Waals surface area contributed by atoms with E-state index in [1.54, 1.807) is 30.3 Å². The Morgan fingerprint density at radius 3 is 2.11 bits per heavy atom. The molecule has 5 heteroatoms. The highest BCUT2D eigenvalue weighted by Crippen LogP contribution is 2.16. The van der Waals surface area contributed by atoms with E-state index < -0.39 is 0 Å². The molecule has 1 heterocycles. The summed E-state index contributed by atoms with van der Waals surface area (Å²) in [4.78, 5) is 24.4. The van der Waals surface area contributed by atoms with Gasteiger partial charge in [0, 0.05) is 30.0 Å². The van der Waals surface area contributed by atoms with Crippen LogP contribution in [-0.4, -0.2) is 16.4 Å². The maximum Gasteiger partial charge on any atom is 0.272 e. The summed E-state index contributed by atoms with van der Waals surface area (Å²) in [5, 5.41) is 5.73. The predicted molar refractivity (Wildman–Crippen MR) is 108 cm³/mol. The number of nitrogens with zero attached hydrogens (tertiary/aromatic N) is 1. The van der Waals surface area contributed by atoms with Gasteiger partial charge in [-0.15, -0.1) is 0 Å². The first kappa shape index (κ1) is 18.5. The lowest BCUT2D eigenvalue weighted by atomic mass is 10.2. The van der Waals surface area contributed by atoms with E-state index in [-0.39, 0.29) is 17.7 Å². The van der Waals surface area contributed by atoms with Gasteiger partial charge in [0.05, 0.1) is 0 Å². The molecule has 0 fully saturated rings. The number of rotatable bonds is 6. The van der Waals surface area contributed by atoms with Gasteiger partial charge in [0.1, 0.15) is 5.69 Å². The molecule has 3 rings (SSSR count). The van der Waals surface area contributed by atoms with Crippen LogP contribution in [-0.2, 0) is 11.3 Å². The molecule has 0 saturated heterocycles. The van der Waals surface area contributed by atoms with Gasteiger partial charge in [0.2, 0.25) is 5.91 Å². The average molecular weight is 361 g/mol. The molecule has 0 spiro atoms. The zero-order valence-corrected chi connectivity index (χ0v) is 15.5. The number of amides is 2. The maximum absolute atomic E-state index is 12.6. The van der Waals surface area contributed by atoms with Gasteiger partial charge >= 0.3 is 0 Å². The number of hydrogen-bond acceptors (Lipinski definition) is 2. The molecule has 2 aromatic carbocycles. The SMILES string of the molecule is CC(C)C(=O)Nc1ccc(NC(=O)c2cccn2Cc2ccccc2)cc1. The van der Waals surface area contributed by atoms with Gasteiger partial charge in [0.15, 0.2) is 0 Å². The highest BCUT2D eigenvalue weighted by molar-refractivity contribution is 6.03. The lowest BCUT2D eigenvalue weighted by Gasteiger charge is -2.11. The summed E-state index contributed by atoms with van der Waals surface area (Å²) < 4.78 is 1.92. The van der Waals surface area contributed by atoms with E-state index in [1.165, 1.54) is 0 Å². The number of benzene rings is 2. The van der Waals surface area contributed by atoms with Crippen molar-refractivity contribution in [1.29, 1.82) is 0 Å². The molecule has 0 atom stereocenters. The number of hydrogen-bond donors (Lipinski definition) is 2. The van der Waals surface area contributed by atoms with Crippen LogP contribution in [0.5, 0.6) is 0 Å². The Kier molecular flexibility index (Phi) is 5.71. The summed E-state index contributed by atoms with van der Waals surface area (Å²) in [6.07, 6.45) is 1.90. The minimum Gasteiger partial charge on any atom is -0.339 e. The summed E-state index contributed by atoms with van der Waals surface area (Å²) in [6.45, 7) is 4.32. The Bertz CT molecular complexity index is 912. The Labute approximate surface area is 159 Å². The van der Waals surface area contributed by atoms with E-state index in [0.717, 1.165) is 5.56 Å². The quantitative estimate of drug-likeness (QED) is 0.684. The zero-order chi connectivity index (χ0) is 19.2. The van der Waals surface area contributed by atoms with Gasteiger partial charge in [-0.1, -0.05) is 44.2 Å². The van der Waals surface area contributed by atoms with E-state index in [4.69, 9.17) is 0 Å². The third-order valence-electron chi connectivity index (χ3n) is 4.19. The molecule has 0 radical (unpaired) electrons. The van der Waals surface area contributed by atoms with Crippen molar-refractivity contribution < 1.29 is 9.59 Å². The fourth-order valence-corrected chi connectivity index (χ4v) is 2.66. The first-order valence-corrected chi connectivity index (χ1v) is 8.94. The van der Waals surface area contributed by atoms with Gasteiger partial charge in [-0.2, -0.15) is 0 Å². The fraction of sp³-hybridized carbons (Fsp3) is 0.182. The van der Waals surface area contributed by atoms with E-state index in [1.807, 2.05) is 61.0 Å². The van der Waals surface area contributed by atoms with Gasteiger partial charge in [-0.25, -0.2) is 0 Å². The van der Waals surface area contributed by atoms with Crippen molar-refractivity contribution in [3.05, 3.63) is 84.2 Å². The predicted octanol–water partition coefficient (Wildman–Crippen LogP) is 4.38. The van der Waals surface area contributed by atoms with Crippen LogP contribution in [0, 0.1) is 5.92 Å². The highest BCUT2D eigenvalue weighted by Gasteiger charge is 2.12. The minimum absolute atomic E-state index is 0.0366. The summed E-state index contributed by atoms with van der Waals surface area (Å²) in [5.74, 6) is -0.290. The summed E-state index contributed by atoms with van der Waals surface area (Å²) in [7, 11) is 0. The van der Waals surface area contributed by atoms with Crippen LogP contribution >= 0.6 is 0 Å². The molecule has 0 aliphatic rings. The molecular weight excluding hydrogens is 338 g/mol. The summed E-state index contributed by atoms with van der Waals surface area (Å²) in [6, 6.07) is 20.8. The highest BCUT2D eigenvalue weighted by atomic mass is 16.2. The topological polar surface area (TPSA) is 63.1 Å². The second kappa shape index (κ2) is 8.36. The zero-order valence-electron chi connectivity index (χ0n) is 15.5. The molecular formula is C22H23N3O2. The Morgan fingerprint density at radius 1 is 0.852 bits per heavy atom. The van der Waals surface area contributed by atoms with Crippen molar-refractivity contribution in [1.82, 2.24) is 4.57 Å². The molecule has 0 unspecified atom stereocenters. The molecule has 0 aliphatic carbocycles. The Hall–Kier alpha value is -3.34. The molecule has 0 saturated carbocycles. The normalized spacial score (nSPS) is 10.6. The Balaban J connectivity index is 1.66. The van der Waals surface area contributed by atoms with Crippen LogP contribution in [0.25, 0.3) is 0 Å². The van der Waals surface area contributed by atoms with Crippen LogP contribution in [0.2, 0.25) is 0 Å². The second-order valence-corrected chi connectivity index (χ2v) is 6.68. The van der Waals surface area contributed by atoms with Crippen LogP contribution in [0.3, 0.4) is 0 Å². The minimum atomic E-state index is -0.171. The van der Waals surface area contributed by atoms with Gasteiger partial charge in [0.25, 0.3) is 5.91 Å². The van der Waals surface area contributed by atoms with Crippen molar-refractivity contribution in [3.8, 4) is 0 Å². The van der Waals surface area contributed by atoms with Crippen LogP contribution in [0.1, 0.15) is 29.9 Å². The van der Waals surface area contributed by atoms with Gasteiger partial charge in [-0.3, -0.25) is 9.59 Å². The Morgan fingerprint density at radius 2 is 1.48 bits per heavy atom. The molecule has 0 bridgehead atoms. The summed E-state index contributed by atoms with van der Waals surface area (Å²) in [5.41, 5.74) is 3.11. The molecule has 1 aromatic heterocycles. The third-order valence-corrected chi connectivity index (χ3v) is 4.19. The largest absolute Gasteiger partial charge is 0.339 e. The number of carbonyl (C=O) groups is 2. The molecule has 138 valence electrons. The molecule has 3 aromatic rings. The second-order valence-electron chi connectivity index (χ2n) is 6.68. The maximum atomic E-state index is 12.6. The number of aromatic nitrogens is 1. The lowest BCUT2D eigenvalue weighted by Crippen LogP contribution is -2.18. The molecule has 0 aliphatic heterocycles. The molecule has 27 heavy (non-hydrogen) atoms. The number of nitrogens with one attached hydrogen (secondary N) is 2. The smallest absolute Gasteiger partial charge is 0.272 e. The average Bonchev–Trinajstić information content (AvgIpc) is 3.12. The first-order valence-electron chi connectivity index (χ1n) is 8.94. The van der Waals surface area contributed by atoms with Gasteiger partial charge < -0.3 is 15.2 Å². The molecule has 2 N–H and O–H groups in total. The third kappa shape index (κ3) is 4.85. The van der Waals surface area contributed by atoms with E-state index in [2.05, 4.69) is 10.6 Å².